The quantitative estimate of drug-likeness (QED) is 0.724. The fourth-order valence-electron chi connectivity index (χ4n) is 2.32. The van der Waals surface area contributed by atoms with Gasteiger partial charge >= 0.3 is 0 Å². The molecule has 4 nitrogen and oxygen atoms in total. The van der Waals surface area contributed by atoms with Crippen LogP contribution in [-0.2, 0) is 0 Å². The molecule has 1 N–H and O–H groups in total. The van der Waals surface area contributed by atoms with Crippen molar-refractivity contribution in [3.8, 4) is 16.9 Å². The zero-order valence-electron chi connectivity index (χ0n) is 12.0. The second kappa shape index (κ2) is 6.07. The van der Waals surface area contributed by atoms with Gasteiger partial charge in [0.15, 0.2) is 0 Å². The van der Waals surface area contributed by atoms with Crippen LogP contribution in [0.5, 0.6) is 5.75 Å². The van der Waals surface area contributed by atoms with E-state index in [1.165, 1.54) is 7.11 Å². The standard InChI is InChI=1S/C17H11Cl2NO3/c1-23-13-7-6-11(19)8-12(13)20-15-14(16(21)17(15)22)9-2-4-10(18)5-3-9/h2-8,20H,1H3. The summed E-state index contributed by atoms with van der Waals surface area (Å²) in [5.74, 6) is 0.518. The molecular weight excluding hydrogens is 337 g/mol. The number of benzene rings is 2. The molecule has 0 unspecified atom stereocenters. The fraction of sp³-hybridized carbons (Fsp3) is 0.0588. The first kappa shape index (κ1) is 15.6. The smallest absolute Gasteiger partial charge is 0.250 e. The number of anilines is 2. The van der Waals surface area contributed by atoms with Crippen LogP contribution in [0.2, 0.25) is 10.0 Å². The van der Waals surface area contributed by atoms with Gasteiger partial charge in [-0.2, -0.15) is 0 Å². The molecule has 0 heterocycles. The molecule has 116 valence electrons. The summed E-state index contributed by atoms with van der Waals surface area (Å²) < 4.78 is 5.23. The predicted octanol–water partition coefficient (Wildman–Crippen LogP) is 4.01. The van der Waals surface area contributed by atoms with Crippen molar-refractivity contribution in [1.82, 2.24) is 0 Å². The number of nitrogens with one attached hydrogen (secondary N) is 1. The second-order valence-corrected chi connectivity index (χ2v) is 5.76. The van der Waals surface area contributed by atoms with Crippen LogP contribution in [0, 0.1) is 0 Å². The molecule has 0 saturated heterocycles. The summed E-state index contributed by atoms with van der Waals surface area (Å²) in [4.78, 5) is 23.9. The van der Waals surface area contributed by atoms with Gasteiger partial charge in [-0.25, -0.2) is 0 Å². The van der Waals surface area contributed by atoms with E-state index >= 15 is 0 Å². The highest BCUT2D eigenvalue weighted by atomic mass is 35.5. The molecule has 0 radical (unpaired) electrons. The summed E-state index contributed by atoms with van der Waals surface area (Å²) in [5, 5.41) is 3.99. The number of hydrogen-bond acceptors (Lipinski definition) is 4. The van der Waals surface area contributed by atoms with Gasteiger partial charge in [-0.1, -0.05) is 35.3 Å². The Morgan fingerprint density at radius 3 is 2.22 bits per heavy atom. The molecule has 3 aromatic rings. The van der Waals surface area contributed by atoms with E-state index in [2.05, 4.69) is 5.32 Å². The molecule has 3 aromatic carbocycles. The van der Waals surface area contributed by atoms with E-state index in [0.717, 1.165) is 0 Å². The van der Waals surface area contributed by atoms with Crippen molar-refractivity contribution in [2.24, 2.45) is 0 Å². The first-order valence-electron chi connectivity index (χ1n) is 6.71. The molecule has 3 rings (SSSR count). The Balaban J connectivity index is 2.04. The van der Waals surface area contributed by atoms with Gasteiger partial charge in [0.05, 0.1) is 18.4 Å². The van der Waals surface area contributed by atoms with Crippen LogP contribution >= 0.6 is 23.2 Å². The lowest BCUT2D eigenvalue weighted by molar-refractivity contribution is 0.417. The Hall–Kier alpha value is -2.30. The Kier molecular flexibility index (Phi) is 4.11. The van der Waals surface area contributed by atoms with Crippen molar-refractivity contribution in [3.05, 3.63) is 73.0 Å². The first-order chi connectivity index (χ1) is 11.0. The Morgan fingerprint density at radius 1 is 0.913 bits per heavy atom. The van der Waals surface area contributed by atoms with Gasteiger partial charge in [0.2, 0.25) is 5.43 Å². The van der Waals surface area contributed by atoms with Crippen molar-refractivity contribution < 1.29 is 4.74 Å². The molecule has 0 bridgehead atoms. The Labute approximate surface area is 141 Å². The van der Waals surface area contributed by atoms with Crippen LogP contribution < -0.4 is 20.9 Å². The van der Waals surface area contributed by atoms with E-state index in [4.69, 9.17) is 27.9 Å². The molecule has 0 spiro atoms. The van der Waals surface area contributed by atoms with Crippen molar-refractivity contribution in [3.63, 3.8) is 0 Å². The highest BCUT2D eigenvalue weighted by Crippen LogP contribution is 2.33. The summed E-state index contributed by atoms with van der Waals surface area (Å²) in [6, 6.07) is 11.7. The van der Waals surface area contributed by atoms with Gasteiger partial charge in [0.1, 0.15) is 11.4 Å². The third kappa shape index (κ3) is 2.83. The molecule has 0 saturated carbocycles. The first-order valence-corrected chi connectivity index (χ1v) is 7.46. The largest absolute Gasteiger partial charge is 0.495 e. The van der Waals surface area contributed by atoms with Crippen molar-refractivity contribution in [2.45, 2.75) is 0 Å². The average Bonchev–Trinajstić information content (AvgIpc) is 2.56. The van der Waals surface area contributed by atoms with Gasteiger partial charge < -0.3 is 10.1 Å². The highest BCUT2D eigenvalue weighted by molar-refractivity contribution is 6.31. The molecule has 0 atom stereocenters. The lowest BCUT2D eigenvalue weighted by atomic mass is 9.98. The molecule has 0 aromatic heterocycles. The van der Waals surface area contributed by atoms with Gasteiger partial charge in [-0.05, 0) is 35.9 Å². The summed E-state index contributed by atoms with van der Waals surface area (Å²) in [5.41, 5.74) is 0.587. The number of hydrogen-bond donors (Lipinski definition) is 1. The second-order valence-electron chi connectivity index (χ2n) is 4.88. The zero-order valence-corrected chi connectivity index (χ0v) is 13.5. The maximum absolute atomic E-state index is 11.9. The maximum Gasteiger partial charge on any atom is 0.250 e. The molecule has 0 aliphatic heterocycles. The third-order valence-electron chi connectivity index (χ3n) is 3.46. The maximum atomic E-state index is 11.9. The number of methoxy groups -OCH3 is 1. The molecule has 0 aliphatic rings. The minimum Gasteiger partial charge on any atom is -0.495 e. The van der Waals surface area contributed by atoms with E-state index in [-0.39, 0.29) is 5.69 Å². The van der Waals surface area contributed by atoms with Crippen molar-refractivity contribution >= 4 is 34.6 Å². The normalized spacial score (nSPS) is 10.7. The van der Waals surface area contributed by atoms with E-state index in [0.29, 0.717) is 32.6 Å². The minimum absolute atomic E-state index is 0.220. The number of ether oxygens (including phenoxy) is 1. The Morgan fingerprint density at radius 2 is 1.57 bits per heavy atom. The zero-order chi connectivity index (χ0) is 16.6. The predicted molar refractivity (Wildman–Crippen MR) is 93.1 cm³/mol. The monoisotopic (exact) mass is 347 g/mol. The summed E-state index contributed by atoms with van der Waals surface area (Å²) in [7, 11) is 1.51. The highest BCUT2D eigenvalue weighted by Gasteiger charge is 2.23. The van der Waals surface area contributed by atoms with Crippen LogP contribution in [0.4, 0.5) is 11.4 Å². The molecular formula is C17H11Cl2NO3. The van der Waals surface area contributed by atoms with E-state index < -0.39 is 10.9 Å². The topological polar surface area (TPSA) is 55.4 Å². The minimum atomic E-state index is -0.572. The molecule has 0 aliphatic carbocycles. The molecule has 0 amide bonds. The lowest BCUT2D eigenvalue weighted by Gasteiger charge is -2.16. The number of halogens is 2. The molecule has 6 heteroatoms. The molecule has 23 heavy (non-hydrogen) atoms. The lowest BCUT2D eigenvalue weighted by Crippen LogP contribution is -2.35. The van der Waals surface area contributed by atoms with Gasteiger partial charge in [0.25, 0.3) is 5.43 Å². The molecule has 0 fully saturated rings. The number of rotatable bonds is 4. The summed E-state index contributed by atoms with van der Waals surface area (Å²) in [6.45, 7) is 0. The Bertz CT molecular complexity index is 942. The van der Waals surface area contributed by atoms with Crippen molar-refractivity contribution in [1.29, 1.82) is 0 Å². The van der Waals surface area contributed by atoms with Crippen LogP contribution in [-0.4, -0.2) is 7.11 Å². The fourth-order valence-corrected chi connectivity index (χ4v) is 2.61. The van der Waals surface area contributed by atoms with Crippen molar-refractivity contribution in [2.75, 3.05) is 12.4 Å². The summed E-state index contributed by atoms with van der Waals surface area (Å²) >= 11 is 11.8. The van der Waals surface area contributed by atoms with Crippen LogP contribution in [0.15, 0.2) is 52.1 Å². The van der Waals surface area contributed by atoms with Crippen LogP contribution in [0.1, 0.15) is 0 Å². The summed E-state index contributed by atoms with van der Waals surface area (Å²) in [6.07, 6.45) is 0. The van der Waals surface area contributed by atoms with Crippen LogP contribution in [0.3, 0.4) is 0 Å². The van der Waals surface area contributed by atoms with Gasteiger partial charge in [0, 0.05) is 10.0 Å². The third-order valence-corrected chi connectivity index (χ3v) is 3.95. The SMILES string of the molecule is COc1ccc(Cl)cc1Nc1c(-c2ccc(Cl)cc2)c(=O)c1=O. The van der Waals surface area contributed by atoms with E-state index in [1.807, 2.05) is 0 Å². The average molecular weight is 348 g/mol. The van der Waals surface area contributed by atoms with Gasteiger partial charge in [-0.3, -0.25) is 9.59 Å². The van der Waals surface area contributed by atoms with E-state index in [9.17, 15) is 9.59 Å². The van der Waals surface area contributed by atoms with E-state index in [1.54, 1.807) is 42.5 Å². The van der Waals surface area contributed by atoms with Gasteiger partial charge in [-0.15, -0.1) is 0 Å². The van der Waals surface area contributed by atoms with Crippen LogP contribution in [0.25, 0.3) is 11.1 Å².